The van der Waals surface area contributed by atoms with Gasteiger partial charge in [0.2, 0.25) is 0 Å². The third kappa shape index (κ3) is 7.33. The van der Waals surface area contributed by atoms with Crippen molar-refractivity contribution in [3.63, 3.8) is 0 Å². The molecule has 1 aliphatic carbocycles. The molecule has 48 heavy (non-hydrogen) atoms. The first-order chi connectivity index (χ1) is 23.2. The average Bonchev–Trinajstić information content (AvgIpc) is 3.44. The van der Waals surface area contributed by atoms with Gasteiger partial charge in [-0.05, 0) is 100.0 Å². The van der Waals surface area contributed by atoms with Gasteiger partial charge in [0.1, 0.15) is 0 Å². The molecule has 0 spiro atoms. The van der Waals surface area contributed by atoms with Gasteiger partial charge in [-0.15, -0.1) is 23.3 Å². The molecule has 257 valence electrons. The zero-order valence-electron chi connectivity index (χ0n) is 32.2. The van der Waals surface area contributed by atoms with Gasteiger partial charge in [0.15, 0.2) is 5.78 Å². The minimum absolute atomic E-state index is 0. The van der Waals surface area contributed by atoms with E-state index in [0.29, 0.717) is 0 Å². The number of aromatic amines is 1. The molecule has 0 saturated carbocycles. The fourth-order valence-electron chi connectivity index (χ4n) is 7.29. The van der Waals surface area contributed by atoms with Crippen molar-refractivity contribution in [2.45, 2.75) is 112 Å². The van der Waals surface area contributed by atoms with Crippen molar-refractivity contribution in [3.05, 3.63) is 89.3 Å². The van der Waals surface area contributed by atoms with Crippen molar-refractivity contribution in [2.24, 2.45) is 11.8 Å². The number of hydrogen-bond acceptors (Lipinski definition) is 3. The van der Waals surface area contributed by atoms with E-state index in [0.717, 1.165) is 82.5 Å². The Bertz CT molecular complexity index is 2050. The predicted molar refractivity (Wildman–Crippen MR) is 199 cm³/mol. The fraction of sp³-hybridized carbons (Fsp3) is 0.442. The van der Waals surface area contributed by atoms with Crippen molar-refractivity contribution in [1.82, 2.24) is 9.97 Å². The number of allylic oxidation sites excluding steroid dienone is 2. The largest absolute Gasteiger partial charge is 0.512 e. The quantitative estimate of drug-likeness (QED) is 0.0931. The van der Waals surface area contributed by atoms with Gasteiger partial charge in [0.05, 0.1) is 8.50 Å². The number of para-hydroxylation sites is 1. The molecule has 6 rings (SSSR count). The third-order valence-electron chi connectivity index (χ3n) is 10.6. The Labute approximate surface area is 304 Å². The molecule has 4 nitrogen and oxygen atoms in total. The topological polar surface area (TPSA) is 66.0 Å². The normalized spacial score (nSPS) is 15.9. The van der Waals surface area contributed by atoms with Gasteiger partial charge in [-0.1, -0.05) is 98.0 Å². The first-order valence-corrected chi connectivity index (χ1v) is 17.5. The van der Waals surface area contributed by atoms with Gasteiger partial charge in [-0.2, -0.15) is 0 Å². The summed E-state index contributed by atoms with van der Waals surface area (Å²) in [6.07, 6.45) is 7.14. The molecule has 5 aromatic rings. The molecule has 3 aromatic carbocycles. The van der Waals surface area contributed by atoms with Crippen LogP contribution in [-0.2, 0) is 35.7 Å². The van der Waals surface area contributed by atoms with Crippen LogP contribution < -0.4 is 0 Å². The van der Waals surface area contributed by atoms with Gasteiger partial charge in [-0.25, -0.2) is 0 Å². The third-order valence-corrected chi connectivity index (χ3v) is 10.6. The van der Waals surface area contributed by atoms with Crippen LogP contribution in [0.2, 0.25) is 0 Å². The molecule has 2 heterocycles. The van der Waals surface area contributed by atoms with Gasteiger partial charge in [0.25, 0.3) is 0 Å². The summed E-state index contributed by atoms with van der Waals surface area (Å²) in [7, 11) is 0. The van der Waals surface area contributed by atoms with Crippen LogP contribution in [0.4, 0.5) is 0 Å². The smallest absolute Gasteiger partial charge is 0.162 e. The number of nitrogens with zero attached hydrogens (tertiary/aromatic N) is 1. The Balaban J connectivity index is 0.000000301. The second-order valence-corrected chi connectivity index (χ2v) is 14.7. The summed E-state index contributed by atoms with van der Waals surface area (Å²) >= 11 is 0. The minimum Gasteiger partial charge on any atom is -0.512 e. The van der Waals surface area contributed by atoms with Crippen molar-refractivity contribution in [3.8, 4) is 11.3 Å². The summed E-state index contributed by atoms with van der Waals surface area (Å²) in [5, 5.41) is 13.8. The van der Waals surface area contributed by atoms with Crippen LogP contribution >= 0.6 is 0 Å². The van der Waals surface area contributed by atoms with E-state index in [2.05, 4.69) is 82.1 Å². The molecule has 2 N–H and O–H groups in total. The summed E-state index contributed by atoms with van der Waals surface area (Å²) in [6, 6.07) is 18.6. The number of aliphatic hydroxyl groups is 1. The van der Waals surface area contributed by atoms with Crippen LogP contribution in [0.3, 0.4) is 0 Å². The molecule has 0 bridgehead atoms. The molecular weight excluding hydrogens is 769 g/mol. The number of aromatic nitrogens is 2. The van der Waals surface area contributed by atoms with Gasteiger partial charge < -0.3 is 15.1 Å². The SMILES string of the molecule is CCC(CC)C(=O)/C=C(\O)C(CC)CC.[2H]c1nc(-c2[c-]c(C)cc3c2[nH]c2ccccc23)c2cc3c(cc2c1[2H])C(C)(C)CCC3(C)C.[Ir]. The summed E-state index contributed by atoms with van der Waals surface area (Å²) in [4.78, 5) is 20.0. The Kier molecular flexibility index (Phi) is 10.9. The molecule has 0 atom stereocenters. The van der Waals surface area contributed by atoms with Crippen LogP contribution in [0.15, 0.2) is 66.5 Å². The number of nitrogens with one attached hydrogen (secondary N) is 1. The monoisotopic (exact) mass is 824 g/mol. The van der Waals surface area contributed by atoms with E-state index >= 15 is 0 Å². The molecule has 2 aromatic heterocycles. The van der Waals surface area contributed by atoms with E-state index in [1.807, 2.05) is 33.8 Å². The molecular formula is C43H53IrN2O2-. The molecule has 1 aliphatic rings. The van der Waals surface area contributed by atoms with Gasteiger partial charge in [-0.3, -0.25) is 4.79 Å². The maximum absolute atomic E-state index is 11.7. The Morgan fingerprint density at radius 3 is 2.17 bits per heavy atom. The first kappa shape index (κ1) is 34.6. The number of carbonyl (C=O) groups excluding carboxylic acids is 1. The number of H-pyrrole nitrogens is 1. The zero-order valence-corrected chi connectivity index (χ0v) is 32.5. The van der Waals surface area contributed by atoms with Crippen molar-refractivity contribution in [1.29, 1.82) is 0 Å². The summed E-state index contributed by atoms with van der Waals surface area (Å²) in [6.45, 7) is 19.3. The van der Waals surface area contributed by atoms with Gasteiger partial charge in [0, 0.05) is 49.7 Å². The molecule has 0 aliphatic heterocycles. The summed E-state index contributed by atoms with van der Waals surface area (Å²) in [5.74, 6) is 0.547. The average molecular weight is 824 g/mol. The van der Waals surface area contributed by atoms with Crippen LogP contribution in [0.5, 0.6) is 0 Å². The Morgan fingerprint density at radius 2 is 1.54 bits per heavy atom. The van der Waals surface area contributed by atoms with E-state index in [-0.39, 0.29) is 66.5 Å². The molecule has 1 radical (unpaired) electrons. The molecule has 0 fully saturated rings. The van der Waals surface area contributed by atoms with E-state index in [9.17, 15) is 9.90 Å². The first-order valence-electron chi connectivity index (χ1n) is 18.5. The predicted octanol–water partition coefficient (Wildman–Crippen LogP) is 11.9. The maximum Gasteiger partial charge on any atom is 0.162 e. The number of pyridine rings is 1. The van der Waals surface area contributed by atoms with Crippen molar-refractivity contribution < 1.29 is 32.7 Å². The van der Waals surface area contributed by atoms with Crippen LogP contribution in [0.25, 0.3) is 43.8 Å². The second-order valence-electron chi connectivity index (χ2n) is 14.7. The van der Waals surface area contributed by atoms with Crippen LogP contribution in [0.1, 0.15) is 113 Å². The number of aryl methyl sites for hydroxylation is 1. The number of hydrogen-bond donors (Lipinski definition) is 2. The molecule has 0 saturated heterocycles. The van der Waals surface area contributed by atoms with Gasteiger partial charge >= 0.3 is 0 Å². The van der Waals surface area contributed by atoms with E-state index in [4.69, 9.17) is 7.73 Å². The van der Waals surface area contributed by atoms with Crippen LogP contribution in [-0.4, -0.2) is 20.9 Å². The molecule has 0 unspecified atom stereocenters. The summed E-state index contributed by atoms with van der Waals surface area (Å²) < 4.78 is 17.3. The number of fused-ring (bicyclic) bond motifs is 5. The number of carbonyl (C=O) groups is 1. The van der Waals surface area contributed by atoms with Crippen molar-refractivity contribution >= 4 is 38.4 Å². The number of ketones is 1. The number of aliphatic hydroxyl groups excluding tert-OH is 1. The van der Waals surface area contributed by atoms with E-state index in [1.165, 1.54) is 22.6 Å². The molecule has 5 heteroatoms. The molecule has 0 amide bonds. The van der Waals surface area contributed by atoms with E-state index in [1.54, 1.807) is 0 Å². The Hall–Kier alpha value is -3.27. The zero-order chi connectivity index (χ0) is 35.8. The minimum atomic E-state index is 0. The van der Waals surface area contributed by atoms with Crippen LogP contribution in [0, 0.1) is 24.8 Å². The summed E-state index contributed by atoms with van der Waals surface area (Å²) in [5.41, 5.74) is 7.41. The Morgan fingerprint density at radius 1 is 0.938 bits per heavy atom. The fourth-order valence-corrected chi connectivity index (χ4v) is 7.29. The van der Waals surface area contributed by atoms with E-state index < -0.39 is 0 Å². The standard InChI is InChI=1S/C30H29N2.C13H24O2.Ir/c1-18-14-22-20-8-6-7-9-26(20)32-28(22)23(15-18)27-21-17-25-24(16-19(21)10-13-31-27)29(2,3)11-12-30(25,4)5;1-5-10(6-2)12(14)9-13(15)11(7-3)8-4;/h6-10,13-14,16-17,32H,11-12H2,1-5H3;9-11,14H,5-8H2,1-4H3;/q-1;;/b;12-9-;/i10D,13D;;. The second kappa shape index (κ2) is 15.1. The van der Waals surface area contributed by atoms with Crippen molar-refractivity contribution in [2.75, 3.05) is 0 Å². The maximum atomic E-state index is 11.7. The number of benzene rings is 3. The number of rotatable bonds is 8.